The molecule has 0 bridgehead atoms. The molecule has 0 saturated heterocycles. The molecule has 0 fully saturated rings. The Bertz CT molecular complexity index is 1020. The molecule has 3 aromatic carbocycles. The van der Waals surface area contributed by atoms with Crippen molar-refractivity contribution in [3.8, 4) is 22.9 Å². The normalized spacial score (nSPS) is 10.7. The molecule has 4 heteroatoms. The van der Waals surface area contributed by atoms with Crippen LogP contribution in [0.3, 0.4) is 0 Å². The fraction of sp³-hybridized carbons (Fsp3) is 0.346. The lowest BCUT2D eigenvalue weighted by molar-refractivity contribution is 0.146. The monoisotopic (exact) mass is 402 g/mol. The van der Waals surface area contributed by atoms with E-state index in [4.69, 9.17) is 9.47 Å². The summed E-state index contributed by atoms with van der Waals surface area (Å²) in [6, 6.07) is 21.1. The highest BCUT2D eigenvalue weighted by atomic mass is 16.5. The van der Waals surface area contributed by atoms with Gasteiger partial charge in [-0.15, -0.1) is 0 Å². The summed E-state index contributed by atoms with van der Waals surface area (Å²) in [5.41, 5.74) is 3.73. The van der Waals surface area contributed by atoms with Crippen LogP contribution in [0.25, 0.3) is 21.9 Å². The van der Waals surface area contributed by atoms with Crippen LogP contribution in [0.5, 0.6) is 5.75 Å². The summed E-state index contributed by atoms with van der Waals surface area (Å²) < 4.78 is 10.8. The van der Waals surface area contributed by atoms with Crippen molar-refractivity contribution in [2.45, 2.75) is 26.7 Å². The SMILES string of the molecule is CCCN(CCC)c1ccc2cc(-c3cccc(OCCOC)c3C#N)ccc2c1. The number of benzene rings is 3. The van der Waals surface area contributed by atoms with Crippen molar-refractivity contribution in [2.75, 3.05) is 38.3 Å². The number of nitriles is 1. The van der Waals surface area contributed by atoms with Gasteiger partial charge in [0.05, 0.1) is 6.61 Å². The van der Waals surface area contributed by atoms with Crippen LogP contribution >= 0.6 is 0 Å². The number of anilines is 1. The van der Waals surface area contributed by atoms with Gasteiger partial charge in [-0.25, -0.2) is 0 Å². The van der Waals surface area contributed by atoms with Gasteiger partial charge in [-0.3, -0.25) is 0 Å². The molecule has 0 aromatic heterocycles. The first kappa shape index (κ1) is 21.7. The quantitative estimate of drug-likeness (QED) is 0.388. The Hall–Kier alpha value is -3.03. The molecule has 3 rings (SSSR count). The zero-order chi connectivity index (χ0) is 21.3. The van der Waals surface area contributed by atoms with E-state index in [-0.39, 0.29) is 0 Å². The Morgan fingerprint density at radius 3 is 2.33 bits per heavy atom. The van der Waals surface area contributed by atoms with Crippen LogP contribution in [-0.4, -0.2) is 33.4 Å². The number of hydrogen-bond acceptors (Lipinski definition) is 4. The molecular weight excluding hydrogens is 372 g/mol. The first-order chi connectivity index (χ1) is 14.7. The Balaban J connectivity index is 1.95. The fourth-order valence-electron chi connectivity index (χ4n) is 3.75. The maximum Gasteiger partial charge on any atom is 0.137 e. The van der Waals surface area contributed by atoms with Crippen molar-refractivity contribution in [3.63, 3.8) is 0 Å². The van der Waals surface area contributed by atoms with E-state index >= 15 is 0 Å². The molecule has 30 heavy (non-hydrogen) atoms. The molecule has 156 valence electrons. The van der Waals surface area contributed by atoms with Crippen molar-refractivity contribution in [1.29, 1.82) is 5.26 Å². The second-order valence-corrected chi connectivity index (χ2v) is 7.37. The Morgan fingerprint density at radius 2 is 1.63 bits per heavy atom. The predicted octanol–water partition coefficient (Wildman–Crippen LogP) is 6.03. The molecule has 0 saturated carbocycles. The van der Waals surface area contributed by atoms with Gasteiger partial charge in [-0.1, -0.05) is 44.2 Å². The van der Waals surface area contributed by atoms with Gasteiger partial charge in [-0.05, 0) is 53.4 Å². The van der Waals surface area contributed by atoms with Crippen molar-refractivity contribution in [3.05, 3.63) is 60.2 Å². The number of rotatable bonds is 10. The summed E-state index contributed by atoms with van der Waals surface area (Å²) in [6.07, 6.45) is 2.27. The highest BCUT2D eigenvalue weighted by Crippen LogP contribution is 2.33. The summed E-state index contributed by atoms with van der Waals surface area (Å²) in [7, 11) is 1.63. The van der Waals surface area contributed by atoms with Crippen molar-refractivity contribution >= 4 is 16.5 Å². The molecule has 0 unspecified atom stereocenters. The van der Waals surface area contributed by atoms with Gasteiger partial charge in [0.2, 0.25) is 0 Å². The van der Waals surface area contributed by atoms with E-state index < -0.39 is 0 Å². The van der Waals surface area contributed by atoms with Crippen LogP contribution in [-0.2, 0) is 4.74 Å². The van der Waals surface area contributed by atoms with Crippen LogP contribution in [0.15, 0.2) is 54.6 Å². The zero-order valence-corrected chi connectivity index (χ0v) is 18.1. The van der Waals surface area contributed by atoms with E-state index in [1.165, 1.54) is 16.5 Å². The van der Waals surface area contributed by atoms with Gasteiger partial charge >= 0.3 is 0 Å². The van der Waals surface area contributed by atoms with Gasteiger partial charge in [0.1, 0.15) is 24.0 Å². The highest BCUT2D eigenvalue weighted by molar-refractivity contribution is 5.91. The Labute approximate surface area is 179 Å². The summed E-state index contributed by atoms with van der Waals surface area (Å²) in [6.45, 7) is 7.48. The minimum atomic E-state index is 0.418. The molecule has 4 nitrogen and oxygen atoms in total. The lowest BCUT2D eigenvalue weighted by Crippen LogP contribution is -2.24. The van der Waals surface area contributed by atoms with Gasteiger partial charge in [0.25, 0.3) is 0 Å². The minimum Gasteiger partial charge on any atom is -0.490 e. The highest BCUT2D eigenvalue weighted by Gasteiger charge is 2.12. The third kappa shape index (κ3) is 4.93. The van der Waals surface area contributed by atoms with Gasteiger partial charge in [-0.2, -0.15) is 5.26 Å². The average Bonchev–Trinajstić information content (AvgIpc) is 2.78. The van der Waals surface area contributed by atoms with E-state index in [1.807, 2.05) is 18.2 Å². The third-order valence-corrected chi connectivity index (χ3v) is 5.17. The van der Waals surface area contributed by atoms with Crippen molar-refractivity contribution in [1.82, 2.24) is 0 Å². The number of methoxy groups -OCH3 is 1. The summed E-state index contributed by atoms with van der Waals surface area (Å²) in [5, 5.41) is 12.1. The summed E-state index contributed by atoms with van der Waals surface area (Å²) >= 11 is 0. The van der Waals surface area contributed by atoms with Gasteiger partial charge in [0, 0.05) is 31.5 Å². The molecule has 0 N–H and O–H groups in total. The van der Waals surface area contributed by atoms with E-state index in [2.05, 4.69) is 61.2 Å². The standard InChI is InChI=1S/C26H30N2O2/c1-4-13-28(14-5-2)23-12-11-20-17-22(10-9-21(20)18-23)24-7-6-8-26(25(24)19-27)30-16-15-29-3/h6-12,17-18H,4-5,13-16H2,1-3H3. The van der Waals surface area contributed by atoms with Crippen molar-refractivity contribution in [2.24, 2.45) is 0 Å². The average molecular weight is 403 g/mol. The molecule has 0 aliphatic heterocycles. The molecule has 0 amide bonds. The zero-order valence-electron chi connectivity index (χ0n) is 18.1. The summed E-state index contributed by atoms with van der Waals surface area (Å²) in [4.78, 5) is 2.45. The molecular formula is C26H30N2O2. The largest absolute Gasteiger partial charge is 0.490 e. The summed E-state index contributed by atoms with van der Waals surface area (Å²) in [5.74, 6) is 0.595. The van der Waals surface area contributed by atoms with Crippen LogP contribution in [0.2, 0.25) is 0 Å². The molecule has 3 aromatic rings. The van der Waals surface area contributed by atoms with Crippen LogP contribution < -0.4 is 9.64 Å². The smallest absolute Gasteiger partial charge is 0.137 e. The van der Waals surface area contributed by atoms with Crippen LogP contribution in [0.4, 0.5) is 5.69 Å². The molecule has 0 heterocycles. The van der Waals surface area contributed by atoms with Crippen LogP contribution in [0, 0.1) is 11.3 Å². The molecule has 0 aliphatic rings. The Kier molecular flexibility index (Phi) is 7.70. The lowest BCUT2D eigenvalue weighted by atomic mass is 9.96. The fourth-order valence-corrected chi connectivity index (χ4v) is 3.75. The van der Waals surface area contributed by atoms with Crippen molar-refractivity contribution < 1.29 is 9.47 Å². The molecule has 0 aliphatic carbocycles. The van der Waals surface area contributed by atoms with Gasteiger partial charge < -0.3 is 14.4 Å². The predicted molar refractivity (Wildman–Crippen MR) is 124 cm³/mol. The Morgan fingerprint density at radius 1 is 0.900 bits per heavy atom. The first-order valence-electron chi connectivity index (χ1n) is 10.7. The second kappa shape index (κ2) is 10.7. The lowest BCUT2D eigenvalue weighted by Gasteiger charge is -2.24. The maximum atomic E-state index is 9.76. The molecule has 0 atom stereocenters. The van der Waals surface area contributed by atoms with E-state index in [1.54, 1.807) is 7.11 Å². The topological polar surface area (TPSA) is 45.5 Å². The molecule has 0 spiro atoms. The number of ether oxygens (including phenoxy) is 2. The van der Waals surface area contributed by atoms with E-state index in [0.29, 0.717) is 24.5 Å². The minimum absolute atomic E-state index is 0.418. The van der Waals surface area contributed by atoms with E-state index in [9.17, 15) is 5.26 Å². The van der Waals surface area contributed by atoms with Crippen LogP contribution in [0.1, 0.15) is 32.3 Å². The molecule has 0 radical (unpaired) electrons. The maximum absolute atomic E-state index is 9.76. The first-order valence-corrected chi connectivity index (χ1v) is 10.7. The van der Waals surface area contributed by atoms with E-state index in [0.717, 1.165) is 37.1 Å². The number of fused-ring (bicyclic) bond motifs is 1. The number of nitrogens with zero attached hydrogens (tertiary/aromatic N) is 2. The van der Waals surface area contributed by atoms with Gasteiger partial charge in [0.15, 0.2) is 0 Å². The third-order valence-electron chi connectivity index (χ3n) is 5.17. The number of hydrogen-bond donors (Lipinski definition) is 0. The second-order valence-electron chi connectivity index (χ2n) is 7.37.